The number of para-hydroxylation sites is 1. The van der Waals surface area contributed by atoms with Crippen LogP contribution in [0, 0.1) is 5.92 Å². The van der Waals surface area contributed by atoms with Crippen molar-refractivity contribution in [2.45, 2.75) is 29.9 Å². The van der Waals surface area contributed by atoms with Gasteiger partial charge in [-0.25, -0.2) is 0 Å². The van der Waals surface area contributed by atoms with Crippen molar-refractivity contribution in [3.8, 4) is 16.9 Å². The van der Waals surface area contributed by atoms with E-state index in [1.54, 1.807) is 53.4 Å². The van der Waals surface area contributed by atoms with Crippen LogP contribution in [0.5, 0.6) is 5.75 Å². The van der Waals surface area contributed by atoms with Crippen LogP contribution < -0.4 is 4.90 Å². The van der Waals surface area contributed by atoms with Gasteiger partial charge in [-0.1, -0.05) is 66.2 Å². The van der Waals surface area contributed by atoms with Gasteiger partial charge in [-0.3, -0.25) is 9.35 Å². The Kier molecular flexibility index (Phi) is 7.46. The van der Waals surface area contributed by atoms with Gasteiger partial charge in [0.15, 0.2) is 0 Å². The molecule has 0 spiro atoms. The normalized spacial score (nSPS) is 18.0. The number of benzene rings is 4. The Bertz CT molecular complexity index is 1630. The SMILES string of the molecule is O=C1[C@H](CC[C@H](O)c2cccc(Cl)c2)[C@@H](c2ccc(-c3cccc(S(=O)(=O)O)c3)c(O)c2)N1c1ccccc1. The molecule has 3 atom stereocenters. The van der Waals surface area contributed by atoms with Crippen molar-refractivity contribution in [2.24, 2.45) is 5.92 Å². The number of hydrogen-bond acceptors (Lipinski definition) is 5. The van der Waals surface area contributed by atoms with Crippen molar-refractivity contribution in [1.82, 2.24) is 0 Å². The Morgan fingerprint density at radius 2 is 1.64 bits per heavy atom. The zero-order valence-electron chi connectivity index (χ0n) is 20.7. The lowest BCUT2D eigenvalue weighted by atomic mass is 9.78. The first kappa shape index (κ1) is 26.9. The number of halogens is 1. The van der Waals surface area contributed by atoms with Crippen molar-refractivity contribution in [2.75, 3.05) is 4.90 Å². The molecule has 39 heavy (non-hydrogen) atoms. The van der Waals surface area contributed by atoms with Crippen molar-refractivity contribution >= 4 is 33.3 Å². The fourth-order valence-corrected chi connectivity index (χ4v) is 5.83. The summed E-state index contributed by atoms with van der Waals surface area (Å²) in [7, 11) is -4.40. The van der Waals surface area contributed by atoms with E-state index in [1.807, 2.05) is 30.3 Å². The molecule has 0 saturated carbocycles. The molecule has 9 heteroatoms. The Hall–Kier alpha value is -3.69. The third-order valence-corrected chi connectivity index (χ3v) is 8.12. The molecule has 1 saturated heterocycles. The van der Waals surface area contributed by atoms with Crippen LogP contribution in [0.4, 0.5) is 5.69 Å². The summed E-state index contributed by atoms with van der Waals surface area (Å²) in [6, 6.07) is 26.6. The zero-order chi connectivity index (χ0) is 27.7. The van der Waals surface area contributed by atoms with Gasteiger partial charge in [-0.05, 0) is 72.0 Å². The first-order chi connectivity index (χ1) is 18.6. The summed E-state index contributed by atoms with van der Waals surface area (Å²) in [6.07, 6.45) is -0.0179. The van der Waals surface area contributed by atoms with Crippen LogP contribution in [0.2, 0.25) is 5.02 Å². The molecule has 0 radical (unpaired) electrons. The van der Waals surface area contributed by atoms with Gasteiger partial charge < -0.3 is 15.1 Å². The largest absolute Gasteiger partial charge is 0.507 e. The topological polar surface area (TPSA) is 115 Å². The van der Waals surface area contributed by atoms with Gasteiger partial charge in [0.1, 0.15) is 5.75 Å². The lowest BCUT2D eigenvalue weighted by Crippen LogP contribution is -2.55. The van der Waals surface area contributed by atoms with Crippen molar-refractivity contribution in [3.63, 3.8) is 0 Å². The quantitative estimate of drug-likeness (QED) is 0.174. The van der Waals surface area contributed by atoms with Crippen LogP contribution in [0.1, 0.15) is 36.1 Å². The summed E-state index contributed by atoms with van der Waals surface area (Å²) < 4.78 is 32.6. The summed E-state index contributed by atoms with van der Waals surface area (Å²) in [5.41, 5.74) is 2.91. The van der Waals surface area contributed by atoms with Crippen LogP contribution in [-0.4, -0.2) is 29.1 Å². The smallest absolute Gasteiger partial charge is 0.294 e. The Labute approximate surface area is 231 Å². The molecule has 0 unspecified atom stereocenters. The molecule has 0 aliphatic carbocycles. The number of hydrogen-bond donors (Lipinski definition) is 3. The van der Waals surface area contributed by atoms with E-state index in [0.717, 1.165) is 5.69 Å². The molecule has 5 rings (SSSR count). The standard InChI is InChI=1S/C30H26ClNO6S/c31-22-8-4-7-20(16-22)27(33)15-14-26-29(32(30(26)35)23-9-2-1-3-10-23)21-12-13-25(28(34)18-21)19-6-5-11-24(17-19)39(36,37)38/h1-13,16-18,26-27,29,33-34H,14-15H2,(H,36,37,38)/t26-,27+,29-/m1/s1. The van der Waals surface area contributed by atoms with E-state index in [4.69, 9.17) is 11.6 Å². The zero-order valence-corrected chi connectivity index (χ0v) is 22.3. The number of β-lactam (4-membered cyclic amide) rings is 1. The van der Waals surface area contributed by atoms with E-state index in [2.05, 4.69) is 0 Å². The van der Waals surface area contributed by atoms with Gasteiger partial charge in [0.25, 0.3) is 10.1 Å². The maximum atomic E-state index is 13.3. The number of phenols is 1. The maximum Gasteiger partial charge on any atom is 0.294 e. The number of carbonyl (C=O) groups is 1. The van der Waals surface area contributed by atoms with E-state index in [0.29, 0.717) is 40.1 Å². The van der Waals surface area contributed by atoms with Gasteiger partial charge in [0.2, 0.25) is 5.91 Å². The molecule has 7 nitrogen and oxygen atoms in total. The Morgan fingerprint density at radius 3 is 2.33 bits per heavy atom. The van der Waals surface area contributed by atoms with E-state index < -0.39 is 22.1 Å². The lowest BCUT2D eigenvalue weighted by molar-refractivity contribution is -0.131. The van der Waals surface area contributed by atoms with Gasteiger partial charge in [0.05, 0.1) is 23.0 Å². The Morgan fingerprint density at radius 1 is 0.897 bits per heavy atom. The first-order valence-electron chi connectivity index (χ1n) is 12.4. The monoisotopic (exact) mass is 563 g/mol. The van der Waals surface area contributed by atoms with Crippen LogP contribution >= 0.6 is 11.6 Å². The molecule has 4 aromatic rings. The number of aromatic hydroxyl groups is 1. The molecule has 1 amide bonds. The highest BCUT2D eigenvalue weighted by atomic mass is 35.5. The third kappa shape index (κ3) is 5.55. The summed E-state index contributed by atoms with van der Waals surface area (Å²) in [6.45, 7) is 0. The average Bonchev–Trinajstić information content (AvgIpc) is 2.91. The average molecular weight is 564 g/mol. The molecule has 3 N–H and O–H groups in total. The third-order valence-electron chi connectivity index (χ3n) is 7.04. The minimum atomic E-state index is -4.40. The second-order valence-electron chi connectivity index (χ2n) is 9.52. The van der Waals surface area contributed by atoms with E-state index in [9.17, 15) is 28.0 Å². The number of rotatable bonds is 8. The number of amides is 1. The molecule has 4 aromatic carbocycles. The van der Waals surface area contributed by atoms with Crippen LogP contribution in [0.15, 0.2) is 102 Å². The van der Waals surface area contributed by atoms with Crippen LogP contribution in [0.3, 0.4) is 0 Å². The molecular weight excluding hydrogens is 538 g/mol. The second kappa shape index (κ2) is 10.8. The molecule has 1 heterocycles. The summed E-state index contributed by atoms with van der Waals surface area (Å²) >= 11 is 6.07. The molecule has 1 fully saturated rings. The van der Waals surface area contributed by atoms with Crippen molar-refractivity contribution in [3.05, 3.63) is 113 Å². The summed E-state index contributed by atoms with van der Waals surface area (Å²) in [5, 5.41) is 22.2. The van der Waals surface area contributed by atoms with Crippen molar-refractivity contribution < 1.29 is 28.0 Å². The van der Waals surface area contributed by atoms with Gasteiger partial charge in [-0.15, -0.1) is 0 Å². The molecule has 0 aromatic heterocycles. The number of nitrogens with zero attached hydrogens (tertiary/aromatic N) is 1. The fraction of sp³-hybridized carbons (Fsp3) is 0.167. The van der Waals surface area contributed by atoms with Crippen LogP contribution in [-0.2, 0) is 14.9 Å². The van der Waals surface area contributed by atoms with E-state index >= 15 is 0 Å². The van der Waals surface area contributed by atoms with Gasteiger partial charge in [-0.2, -0.15) is 8.42 Å². The molecular formula is C30H26ClNO6S. The van der Waals surface area contributed by atoms with Crippen molar-refractivity contribution in [1.29, 1.82) is 0 Å². The first-order valence-corrected chi connectivity index (χ1v) is 14.2. The van der Waals surface area contributed by atoms with E-state index in [-0.39, 0.29) is 22.6 Å². The highest BCUT2D eigenvalue weighted by Crippen LogP contribution is 2.47. The van der Waals surface area contributed by atoms with E-state index in [1.165, 1.54) is 18.2 Å². The molecule has 200 valence electrons. The maximum absolute atomic E-state index is 13.3. The highest BCUT2D eigenvalue weighted by Gasteiger charge is 2.48. The lowest BCUT2D eigenvalue weighted by Gasteiger charge is -2.48. The number of phenolic OH excluding ortho intramolecular Hbond substituents is 1. The number of aliphatic hydroxyl groups excluding tert-OH is 1. The molecule has 1 aliphatic heterocycles. The number of aliphatic hydroxyl groups is 1. The summed E-state index contributed by atoms with van der Waals surface area (Å²) in [4.78, 5) is 14.7. The highest BCUT2D eigenvalue weighted by molar-refractivity contribution is 7.85. The van der Waals surface area contributed by atoms with Gasteiger partial charge >= 0.3 is 0 Å². The minimum Gasteiger partial charge on any atom is -0.507 e. The number of carbonyl (C=O) groups excluding carboxylic acids is 1. The fourth-order valence-electron chi connectivity index (χ4n) is 5.11. The van der Waals surface area contributed by atoms with Crippen LogP contribution in [0.25, 0.3) is 11.1 Å². The molecule has 0 bridgehead atoms. The number of anilines is 1. The summed E-state index contributed by atoms with van der Waals surface area (Å²) in [5.74, 6) is -0.592. The second-order valence-corrected chi connectivity index (χ2v) is 11.4. The predicted octanol–water partition coefficient (Wildman–Crippen LogP) is 6.18. The molecule has 1 aliphatic rings. The predicted molar refractivity (Wildman–Crippen MR) is 149 cm³/mol. The van der Waals surface area contributed by atoms with Gasteiger partial charge in [0, 0.05) is 16.3 Å². The minimum absolute atomic E-state index is 0.0751. The Balaban J connectivity index is 1.44.